The van der Waals surface area contributed by atoms with Gasteiger partial charge in [-0.2, -0.15) is 17.0 Å². The van der Waals surface area contributed by atoms with Crippen molar-refractivity contribution in [3.63, 3.8) is 0 Å². The first-order valence-corrected chi connectivity index (χ1v) is 7.63. The van der Waals surface area contributed by atoms with Crippen LogP contribution in [0, 0.1) is 5.92 Å². The molecule has 3 N–H and O–H groups in total. The van der Waals surface area contributed by atoms with Gasteiger partial charge in [0, 0.05) is 32.1 Å². The Balaban J connectivity index is 2.77. The molecule has 1 heterocycles. The molecular weight excluding hydrogens is 272 g/mol. The molecule has 0 radical (unpaired) electrons. The minimum absolute atomic E-state index is 0.0237. The lowest BCUT2D eigenvalue weighted by atomic mass is 10.1. The number of ether oxygens (including phenoxy) is 1. The smallest absolute Gasteiger partial charge is 0.282 e. The van der Waals surface area contributed by atoms with E-state index in [4.69, 9.17) is 15.7 Å². The number of rotatable bonds is 6. The van der Waals surface area contributed by atoms with E-state index in [0.717, 1.165) is 0 Å². The van der Waals surface area contributed by atoms with Crippen LogP contribution in [-0.2, 0) is 14.9 Å². The third-order valence-electron chi connectivity index (χ3n) is 3.07. The monoisotopic (exact) mass is 294 g/mol. The van der Waals surface area contributed by atoms with Gasteiger partial charge in [0.05, 0.1) is 13.2 Å². The Labute approximate surface area is 114 Å². The highest BCUT2D eigenvalue weighted by Crippen LogP contribution is 2.13. The average Bonchev–Trinajstić information content (AvgIpc) is 2.44. The zero-order valence-corrected chi connectivity index (χ0v) is 12.1. The number of hydrogen-bond donors (Lipinski definition) is 2. The van der Waals surface area contributed by atoms with Crippen LogP contribution in [0.3, 0.4) is 0 Å². The molecule has 1 atom stereocenters. The van der Waals surface area contributed by atoms with Gasteiger partial charge in [0.2, 0.25) is 0 Å². The molecule has 1 rings (SSSR count). The Morgan fingerprint density at radius 3 is 2.58 bits per heavy atom. The molecule has 0 bridgehead atoms. The van der Waals surface area contributed by atoms with Crippen molar-refractivity contribution in [1.82, 2.24) is 8.61 Å². The summed E-state index contributed by atoms with van der Waals surface area (Å²) in [6, 6.07) is 0. The lowest BCUT2D eigenvalue weighted by Gasteiger charge is -2.32. The molecule has 8 nitrogen and oxygen atoms in total. The third kappa shape index (κ3) is 4.03. The molecule has 0 aliphatic carbocycles. The molecule has 1 fully saturated rings. The normalized spacial score (nSPS) is 20.7. The molecule has 0 spiro atoms. The molecule has 1 aliphatic heterocycles. The average molecular weight is 294 g/mol. The molecule has 0 amide bonds. The largest absolute Gasteiger partial charge is 0.409 e. The Bertz CT molecular complexity index is 406. The second-order valence-electron chi connectivity index (χ2n) is 4.40. The van der Waals surface area contributed by atoms with Crippen LogP contribution in [0.5, 0.6) is 0 Å². The highest BCUT2D eigenvalue weighted by molar-refractivity contribution is 7.86. The fraction of sp³-hybridized carbons (Fsp3) is 0.900. The van der Waals surface area contributed by atoms with E-state index in [2.05, 4.69) is 5.16 Å². The highest BCUT2D eigenvalue weighted by atomic mass is 32.2. The Kier molecular flexibility index (Phi) is 5.98. The van der Waals surface area contributed by atoms with Crippen molar-refractivity contribution in [1.29, 1.82) is 0 Å². The first-order chi connectivity index (χ1) is 8.93. The van der Waals surface area contributed by atoms with Crippen LogP contribution in [0.2, 0.25) is 0 Å². The van der Waals surface area contributed by atoms with Crippen LogP contribution in [0.1, 0.15) is 13.8 Å². The van der Waals surface area contributed by atoms with E-state index in [1.165, 1.54) is 8.61 Å². The van der Waals surface area contributed by atoms with Crippen LogP contribution in [0.15, 0.2) is 5.16 Å². The summed E-state index contributed by atoms with van der Waals surface area (Å²) in [6.45, 7) is 5.53. The molecule has 1 unspecified atom stereocenters. The van der Waals surface area contributed by atoms with Gasteiger partial charge in [0.1, 0.15) is 5.84 Å². The summed E-state index contributed by atoms with van der Waals surface area (Å²) in [6.07, 6.45) is 0. The van der Waals surface area contributed by atoms with E-state index < -0.39 is 10.2 Å². The number of hydrogen-bond acceptors (Lipinski definition) is 5. The van der Waals surface area contributed by atoms with Crippen molar-refractivity contribution in [2.45, 2.75) is 13.8 Å². The maximum atomic E-state index is 12.4. The van der Waals surface area contributed by atoms with E-state index in [0.29, 0.717) is 32.8 Å². The fourth-order valence-corrected chi connectivity index (χ4v) is 3.50. The molecule has 9 heteroatoms. The van der Waals surface area contributed by atoms with Gasteiger partial charge in [-0.1, -0.05) is 19.0 Å². The van der Waals surface area contributed by atoms with E-state index in [9.17, 15) is 8.42 Å². The molecule has 1 saturated heterocycles. The quantitative estimate of drug-likeness (QED) is 0.290. The second-order valence-corrected chi connectivity index (χ2v) is 6.32. The summed E-state index contributed by atoms with van der Waals surface area (Å²) < 4.78 is 32.7. The Morgan fingerprint density at radius 2 is 2.11 bits per heavy atom. The van der Waals surface area contributed by atoms with Gasteiger partial charge >= 0.3 is 0 Å². The number of nitrogens with zero attached hydrogens (tertiary/aromatic N) is 3. The van der Waals surface area contributed by atoms with Gasteiger partial charge in [-0.25, -0.2) is 0 Å². The van der Waals surface area contributed by atoms with E-state index >= 15 is 0 Å². The molecular formula is C10H22N4O4S. The van der Waals surface area contributed by atoms with Crippen LogP contribution < -0.4 is 5.73 Å². The molecule has 112 valence electrons. The molecule has 0 saturated carbocycles. The van der Waals surface area contributed by atoms with Gasteiger partial charge in [0.25, 0.3) is 10.2 Å². The molecule has 1 aliphatic rings. The minimum Gasteiger partial charge on any atom is -0.409 e. The van der Waals surface area contributed by atoms with Crippen molar-refractivity contribution in [2.75, 3.05) is 39.4 Å². The summed E-state index contributed by atoms with van der Waals surface area (Å²) >= 11 is 0. The van der Waals surface area contributed by atoms with Gasteiger partial charge in [-0.15, -0.1) is 0 Å². The van der Waals surface area contributed by atoms with Gasteiger partial charge < -0.3 is 15.7 Å². The maximum Gasteiger partial charge on any atom is 0.282 e. The van der Waals surface area contributed by atoms with Crippen molar-refractivity contribution in [3.05, 3.63) is 0 Å². The molecule has 0 aromatic rings. The fourth-order valence-electron chi connectivity index (χ4n) is 1.82. The zero-order valence-electron chi connectivity index (χ0n) is 11.3. The first kappa shape index (κ1) is 16.2. The summed E-state index contributed by atoms with van der Waals surface area (Å²) in [4.78, 5) is 0. The number of nitrogens with two attached hydrogens (primary N) is 1. The highest BCUT2D eigenvalue weighted by Gasteiger charge is 2.31. The third-order valence-corrected chi connectivity index (χ3v) is 5.15. The Hall–Kier alpha value is -0.900. The molecule has 0 aromatic heterocycles. The maximum absolute atomic E-state index is 12.4. The molecule has 0 aromatic carbocycles. The minimum atomic E-state index is -3.52. The van der Waals surface area contributed by atoms with Gasteiger partial charge in [-0.05, 0) is 0 Å². The van der Waals surface area contributed by atoms with Crippen LogP contribution in [0.25, 0.3) is 0 Å². The van der Waals surface area contributed by atoms with Crippen molar-refractivity contribution in [3.8, 4) is 0 Å². The summed E-state index contributed by atoms with van der Waals surface area (Å²) in [7, 11) is -3.52. The summed E-state index contributed by atoms with van der Waals surface area (Å²) in [5.74, 6) is -0.323. The lowest BCUT2D eigenvalue weighted by Crippen LogP contribution is -2.50. The SMILES string of the molecule is CCN(CC(C)/C(N)=N/O)S(=O)(=O)N1CCOCC1. The first-order valence-electron chi connectivity index (χ1n) is 6.23. The van der Waals surface area contributed by atoms with Crippen molar-refractivity contribution < 1.29 is 18.4 Å². The lowest BCUT2D eigenvalue weighted by molar-refractivity contribution is 0.0701. The standard InChI is InChI=1S/C10H22N4O4S/c1-3-13(8-9(2)10(11)12-15)19(16,17)14-4-6-18-7-5-14/h9,15H,3-8H2,1-2H3,(H2,11,12). The number of morpholine rings is 1. The van der Waals surface area contributed by atoms with Crippen molar-refractivity contribution >= 4 is 16.0 Å². The predicted molar refractivity (Wildman–Crippen MR) is 71.1 cm³/mol. The van der Waals surface area contributed by atoms with Crippen molar-refractivity contribution in [2.24, 2.45) is 16.8 Å². The number of amidine groups is 1. The van der Waals surface area contributed by atoms with E-state index in [1.807, 2.05) is 0 Å². The zero-order chi connectivity index (χ0) is 14.5. The number of oxime groups is 1. The van der Waals surface area contributed by atoms with Crippen LogP contribution in [0.4, 0.5) is 0 Å². The molecule has 19 heavy (non-hydrogen) atoms. The van der Waals surface area contributed by atoms with E-state index in [-0.39, 0.29) is 18.3 Å². The van der Waals surface area contributed by atoms with E-state index in [1.54, 1.807) is 13.8 Å². The predicted octanol–water partition coefficient (Wildman–Crippen LogP) is -0.732. The summed E-state index contributed by atoms with van der Waals surface area (Å²) in [5.41, 5.74) is 5.49. The van der Waals surface area contributed by atoms with Crippen LogP contribution >= 0.6 is 0 Å². The second kappa shape index (κ2) is 7.04. The summed E-state index contributed by atoms with van der Waals surface area (Å²) in [5, 5.41) is 11.5. The van der Waals surface area contributed by atoms with Gasteiger partial charge in [0.15, 0.2) is 0 Å². The Morgan fingerprint density at radius 1 is 1.53 bits per heavy atom. The van der Waals surface area contributed by atoms with Gasteiger partial charge in [-0.3, -0.25) is 0 Å². The van der Waals surface area contributed by atoms with Crippen LogP contribution in [-0.4, -0.2) is 67.5 Å². The topological polar surface area (TPSA) is 108 Å².